The Morgan fingerprint density at radius 3 is 2.59 bits per heavy atom. The zero-order valence-electron chi connectivity index (χ0n) is 8.76. The van der Waals surface area contributed by atoms with Crippen molar-refractivity contribution in [3.63, 3.8) is 0 Å². The molecule has 1 heterocycles. The van der Waals surface area contributed by atoms with Crippen LogP contribution in [0.1, 0.15) is 0 Å². The Morgan fingerprint density at radius 1 is 1.00 bits per heavy atom. The predicted molar refractivity (Wildman–Crippen MR) is 73.8 cm³/mol. The van der Waals surface area contributed by atoms with E-state index in [1.54, 1.807) is 11.3 Å². The van der Waals surface area contributed by atoms with Gasteiger partial charge in [-0.3, -0.25) is 0 Å². The number of halogens is 1. The van der Waals surface area contributed by atoms with Gasteiger partial charge < -0.3 is 4.74 Å². The molecule has 1 aromatic heterocycles. The molecule has 0 N–H and O–H groups in total. The monoisotopic (exact) mass is 305 g/mol. The zero-order chi connectivity index (χ0) is 11.7. The van der Waals surface area contributed by atoms with Crippen molar-refractivity contribution in [2.24, 2.45) is 0 Å². The summed E-state index contributed by atoms with van der Waals surface area (Å²) in [4.78, 5) is 4.42. The van der Waals surface area contributed by atoms with Crippen LogP contribution in [-0.4, -0.2) is 4.98 Å². The van der Waals surface area contributed by atoms with E-state index in [0.717, 1.165) is 20.4 Å². The summed E-state index contributed by atoms with van der Waals surface area (Å²) in [6.07, 6.45) is 0. The van der Waals surface area contributed by atoms with Crippen LogP contribution in [0.5, 0.6) is 10.9 Å². The van der Waals surface area contributed by atoms with Crippen molar-refractivity contribution in [2.45, 2.75) is 0 Å². The number of rotatable bonds is 2. The lowest BCUT2D eigenvalue weighted by molar-refractivity contribution is 0.477. The smallest absolute Gasteiger partial charge is 0.279 e. The lowest BCUT2D eigenvalue weighted by Crippen LogP contribution is -1.83. The van der Waals surface area contributed by atoms with Gasteiger partial charge in [0, 0.05) is 0 Å². The minimum atomic E-state index is 0.665. The van der Waals surface area contributed by atoms with E-state index in [9.17, 15) is 0 Å². The van der Waals surface area contributed by atoms with E-state index < -0.39 is 0 Å². The maximum atomic E-state index is 5.75. The second kappa shape index (κ2) is 4.47. The molecular weight excluding hydrogens is 298 g/mol. The van der Waals surface area contributed by atoms with E-state index in [4.69, 9.17) is 4.74 Å². The Hall–Kier alpha value is -1.39. The number of hydrogen-bond acceptors (Lipinski definition) is 3. The highest BCUT2D eigenvalue weighted by atomic mass is 79.9. The molecule has 2 nitrogen and oxygen atoms in total. The van der Waals surface area contributed by atoms with Crippen LogP contribution in [-0.2, 0) is 0 Å². The summed E-state index contributed by atoms with van der Waals surface area (Å²) >= 11 is 5.00. The Bertz CT molecular complexity index is 632. The molecule has 0 aliphatic rings. The Labute approximate surface area is 111 Å². The van der Waals surface area contributed by atoms with Crippen molar-refractivity contribution in [3.05, 3.63) is 53.0 Å². The third kappa shape index (κ3) is 2.18. The molecule has 0 fully saturated rings. The molecule has 84 valence electrons. The highest BCUT2D eigenvalue weighted by Gasteiger charge is 2.06. The minimum absolute atomic E-state index is 0.665. The van der Waals surface area contributed by atoms with Gasteiger partial charge in [-0.2, -0.15) is 0 Å². The number of fused-ring (bicyclic) bond motifs is 1. The first-order chi connectivity index (χ1) is 8.33. The van der Waals surface area contributed by atoms with Gasteiger partial charge in [0.1, 0.15) is 5.75 Å². The molecule has 0 spiro atoms. The maximum absolute atomic E-state index is 5.75. The molecule has 17 heavy (non-hydrogen) atoms. The van der Waals surface area contributed by atoms with Gasteiger partial charge in [-0.15, -0.1) is 0 Å². The number of aromatic nitrogens is 1. The number of benzene rings is 2. The minimum Gasteiger partial charge on any atom is -0.430 e. The van der Waals surface area contributed by atoms with Crippen LogP contribution < -0.4 is 4.74 Å². The van der Waals surface area contributed by atoms with Crippen molar-refractivity contribution >= 4 is 37.5 Å². The largest absolute Gasteiger partial charge is 0.430 e. The SMILES string of the molecule is Brc1ccccc1Oc1nc2ccccc2s1. The molecule has 0 aliphatic heterocycles. The van der Waals surface area contributed by atoms with Gasteiger partial charge in [0.2, 0.25) is 0 Å². The molecule has 0 amide bonds. The summed E-state index contributed by atoms with van der Waals surface area (Å²) in [7, 11) is 0. The second-order valence-corrected chi connectivity index (χ2v) is 5.33. The van der Waals surface area contributed by atoms with Crippen LogP contribution in [0.25, 0.3) is 10.2 Å². The summed E-state index contributed by atoms with van der Waals surface area (Å²) in [5, 5.41) is 0.665. The topological polar surface area (TPSA) is 22.1 Å². The van der Waals surface area contributed by atoms with Crippen molar-refractivity contribution in [3.8, 4) is 10.9 Å². The van der Waals surface area contributed by atoms with Crippen molar-refractivity contribution in [1.82, 2.24) is 4.98 Å². The van der Waals surface area contributed by atoms with Crippen molar-refractivity contribution in [1.29, 1.82) is 0 Å². The van der Waals surface area contributed by atoms with Gasteiger partial charge in [0.15, 0.2) is 0 Å². The Kier molecular flexibility index (Phi) is 2.82. The molecule has 0 radical (unpaired) electrons. The summed E-state index contributed by atoms with van der Waals surface area (Å²) in [6, 6.07) is 15.8. The van der Waals surface area contributed by atoms with Crippen LogP contribution in [0.15, 0.2) is 53.0 Å². The van der Waals surface area contributed by atoms with E-state index in [1.165, 1.54) is 0 Å². The summed E-state index contributed by atoms with van der Waals surface area (Å²) in [5.41, 5.74) is 0.972. The molecule has 0 unspecified atom stereocenters. The van der Waals surface area contributed by atoms with E-state index >= 15 is 0 Å². The third-order valence-corrected chi connectivity index (χ3v) is 3.88. The van der Waals surface area contributed by atoms with Crippen LogP contribution >= 0.6 is 27.3 Å². The molecule has 0 saturated carbocycles. The molecule has 3 rings (SSSR count). The van der Waals surface area contributed by atoms with Crippen LogP contribution in [0.2, 0.25) is 0 Å². The number of hydrogen-bond donors (Lipinski definition) is 0. The third-order valence-electron chi connectivity index (χ3n) is 2.31. The second-order valence-electron chi connectivity index (χ2n) is 3.48. The maximum Gasteiger partial charge on any atom is 0.279 e. The summed E-state index contributed by atoms with van der Waals surface area (Å²) in [5.74, 6) is 0.784. The highest BCUT2D eigenvalue weighted by Crippen LogP contribution is 2.34. The van der Waals surface area contributed by atoms with Gasteiger partial charge in [0.25, 0.3) is 5.19 Å². The van der Waals surface area contributed by atoms with Crippen LogP contribution in [0.4, 0.5) is 0 Å². The fraction of sp³-hybridized carbons (Fsp3) is 0. The molecule has 0 bridgehead atoms. The van der Waals surface area contributed by atoms with Gasteiger partial charge >= 0.3 is 0 Å². The average Bonchev–Trinajstić information content (AvgIpc) is 2.74. The molecule has 0 atom stereocenters. The van der Waals surface area contributed by atoms with Crippen LogP contribution in [0.3, 0.4) is 0 Å². The molecule has 4 heteroatoms. The molecule has 2 aromatic carbocycles. The zero-order valence-corrected chi connectivity index (χ0v) is 11.2. The number of para-hydroxylation sites is 2. The van der Waals surface area contributed by atoms with E-state index in [0.29, 0.717) is 5.19 Å². The first-order valence-electron chi connectivity index (χ1n) is 5.11. The molecular formula is C13H8BrNOS. The van der Waals surface area contributed by atoms with Crippen molar-refractivity contribution < 1.29 is 4.74 Å². The first-order valence-corrected chi connectivity index (χ1v) is 6.72. The summed E-state index contributed by atoms with van der Waals surface area (Å²) in [6.45, 7) is 0. The van der Waals surface area contributed by atoms with E-state index in [2.05, 4.69) is 20.9 Å². The average molecular weight is 306 g/mol. The number of ether oxygens (including phenoxy) is 1. The fourth-order valence-corrected chi connectivity index (χ4v) is 2.71. The van der Waals surface area contributed by atoms with Gasteiger partial charge in [-0.05, 0) is 40.2 Å². The normalized spacial score (nSPS) is 10.6. The highest BCUT2D eigenvalue weighted by molar-refractivity contribution is 9.10. The van der Waals surface area contributed by atoms with Gasteiger partial charge in [-0.25, -0.2) is 4.98 Å². The van der Waals surface area contributed by atoms with Gasteiger partial charge in [-0.1, -0.05) is 35.6 Å². The van der Waals surface area contributed by atoms with Crippen LogP contribution in [0, 0.1) is 0 Å². The lowest BCUT2D eigenvalue weighted by atomic mass is 10.3. The van der Waals surface area contributed by atoms with E-state index in [-0.39, 0.29) is 0 Å². The van der Waals surface area contributed by atoms with E-state index in [1.807, 2.05) is 48.5 Å². The molecule has 3 aromatic rings. The Balaban J connectivity index is 1.98. The lowest BCUT2D eigenvalue weighted by Gasteiger charge is -2.02. The quantitative estimate of drug-likeness (QED) is 0.675. The van der Waals surface area contributed by atoms with Gasteiger partial charge in [0.05, 0.1) is 14.7 Å². The molecule has 0 saturated heterocycles. The number of thiazole rings is 1. The standard InChI is InChI=1S/C13H8BrNOS/c14-9-5-1-3-7-11(9)16-13-15-10-6-2-4-8-12(10)17-13/h1-8H. The predicted octanol–water partition coefficient (Wildman–Crippen LogP) is 4.85. The molecule has 0 aliphatic carbocycles. The number of nitrogens with zero attached hydrogens (tertiary/aromatic N) is 1. The first kappa shape index (κ1) is 10.7. The summed E-state index contributed by atoms with van der Waals surface area (Å²) < 4.78 is 7.82. The Morgan fingerprint density at radius 2 is 1.76 bits per heavy atom. The fourth-order valence-electron chi connectivity index (χ4n) is 1.52. The van der Waals surface area contributed by atoms with Crippen molar-refractivity contribution in [2.75, 3.05) is 0 Å².